The zero-order valence-electron chi connectivity index (χ0n) is 11.1. The van der Waals surface area contributed by atoms with Crippen molar-refractivity contribution < 1.29 is 14.4 Å². The van der Waals surface area contributed by atoms with Gasteiger partial charge in [-0.05, 0) is 25.0 Å². The van der Waals surface area contributed by atoms with Gasteiger partial charge in [0.15, 0.2) is 0 Å². The minimum atomic E-state index is -0.653. The van der Waals surface area contributed by atoms with Crippen LogP contribution in [0.2, 0.25) is 0 Å². The number of nitrogens with zero attached hydrogens (tertiary/aromatic N) is 1. The Morgan fingerprint density at radius 2 is 2.05 bits per heavy atom. The number of hydrogen-bond donors (Lipinski definition) is 1. The maximum atomic E-state index is 12.5. The second-order valence-electron chi connectivity index (χ2n) is 5.09. The SMILES string of the molecule is C=C1c2c(C)cccc2C(=O)N1C1CCC(=O)NC1=O. The van der Waals surface area contributed by atoms with Gasteiger partial charge in [-0.2, -0.15) is 0 Å². The highest BCUT2D eigenvalue weighted by molar-refractivity contribution is 6.13. The molecule has 2 aliphatic rings. The molecule has 2 aliphatic heterocycles. The van der Waals surface area contributed by atoms with E-state index in [0.717, 1.165) is 11.1 Å². The predicted octanol–water partition coefficient (Wildman–Crippen LogP) is 1.23. The molecule has 1 saturated heterocycles. The minimum absolute atomic E-state index is 0.219. The molecule has 1 unspecified atom stereocenters. The highest BCUT2D eigenvalue weighted by Gasteiger charge is 2.41. The van der Waals surface area contributed by atoms with Crippen LogP contribution in [0.3, 0.4) is 0 Å². The van der Waals surface area contributed by atoms with Crippen LogP contribution in [0, 0.1) is 6.92 Å². The molecule has 1 fully saturated rings. The van der Waals surface area contributed by atoms with E-state index in [-0.39, 0.29) is 18.2 Å². The molecule has 0 spiro atoms. The van der Waals surface area contributed by atoms with Gasteiger partial charge in [-0.3, -0.25) is 24.6 Å². The topological polar surface area (TPSA) is 66.5 Å². The van der Waals surface area contributed by atoms with Crippen molar-refractivity contribution in [3.8, 4) is 0 Å². The summed E-state index contributed by atoms with van der Waals surface area (Å²) in [6, 6.07) is 4.81. The van der Waals surface area contributed by atoms with Gasteiger partial charge in [0.1, 0.15) is 6.04 Å². The number of benzene rings is 1. The average Bonchev–Trinajstić information content (AvgIpc) is 2.64. The normalized spacial score (nSPS) is 22.1. The summed E-state index contributed by atoms with van der Waals surface area (Å²) in [7, 11) is 0. The van der Waals surface area contributed by atoms with Gasteiger partial charge in [-0.25, -0.2) is 0 Å². The summed E-state index contributed by atoms with van der Waals surface area (Å²) in [4.78, 5) is 37.1. The molecule has 5 heteroatoms. The highest BCUT2D eigenvalue weighted by Crippen LogP contribution is 2.36. The van der Waals surface area contributed by atoms with Crippen LogP contribution in [0.1, 0.15) is 34.3 Å². The smallest absolute Gasteiger partial charge is 0.259 e. The van der Waals surface area contributed by atoms with Crippen LogP contribution >= 0.6 is 0 Å². The van der Waals surface area contributed by atoms with Crippen LogP contribution in [0.15, 0.2) is 24.8 Å². The van der Waals surface area contributed by atoms with Crippen molar-refractivity contribution in [2.45, 2.75) is 25.8 Å². The Bertz CT molecular complexity index is 663. The number of amides is 3. The van der Waals surface area contributed by atoms with Crippen molar-refractivity contribution >= 4 is 23.4 Å². The molecular weight excluding hydrogens is 256 g/mol. The lowest BCUT2D eigenvalue weighted by Gasteiger charge is -2.30. The van der Waals surface area contributed by atoms with Gasteiger partial charge in [0.2, 0.25) is 11.8 Å². The molecule has 20 heavy (non-hydrogen) atoms. The second kappa shape index (κ2) is 4.30. The van der Waals surface area contributed by atoms with Crippen LogP contribution < -0.4 is 5.32 Å². The summed E-state index contributed by atoms with van der Waals surface area (Å²) in [5, 5.41) is 2.28. The molecule has 0 saturated carbocycles. The lowest BCUT2D eigenvalue weighted by molar-refractivity contribution is -0.136. The fraction of sp³-hybridized carbons (Fsp3) is 0.267. The van der Waals surface area contributed by atoms with Gasteiger partial charge >= 0.3 is 0 Å². The van der Waals surface area contributed by atoms with E-state index in [1.54, 1.807) is 6.07 Å². The molecule has 0 radical (unpaired) electrons. The Kier molecular flexibility index (Phi) is 2.71. The van der Waals surface area contributed by atoms with E-state index in [1.807, 2.05) is 19.1 Å². The molecule has 0 bridgehead atoms. The lowest BCUT2D eigenvalue weighted by atomic mass is 10.0. The number of hydrogen-bond acceptors (Lipinski definition) is 3. The number of fused-ring (bicyclic) bond motifs is 1. The van der Waals surface area contributed by atoms with E-state index in [9.17, 15) is 14.4 Å². The first-order chi connectivity index (χ1) is 9.50. The Balaban J connectivity index is 2.00. The van der Waals surface area contributed by atoms with Gasteiger partial charge in [0.05, 0.1) is 0 Å². The monoisotopic (exact) mass is 270 g/mol. The molecular formula is C15H14N2O3. The number of aryl methyl sites for hydroxylation is 1. The summed E-state index contributed by atoms with van der Waals surface area (Å²) >= 11 is 0. The number of nitrogens with one attached hydrogen (secondary N) is 1. The van der Waals surface area contributed by atoms with E-state index in [1.165, 1.54) is 4.90 Å². The summed E-state index contributed by atoms with van der Waals surface area (Å²) in [5.74, 6) is -0.943. The average molecular weight is 270 g/mol. The summed E-state index contributed by atoms with van der Waals surface area (Å²) < 4.78 is 0. The molecule has 0 aromatic heterocycles. The van der Waals surface area contributed by atoms with Crippen LogP contribution in [-0.2, 0) is 9.59 Å². The first kappa shape index (κ1) is 12.6. The van der Waals surface area contributed by atoms with Gasteiger partial charge < -0.3 is 0 Å². The number of rotatable bonds is 1. The van der Waals surface area contributed by atoms with Crippen molar-refractivity contribution in [1.82, 2.24) is 10.2 Å². The zero-order chi connectivity index (χ0) is 14.4. The molecule has 2 heterocycles. The Hall–Kier alpha value is -2.43. The molecule has 102 valence electrons. The van der Waals surface area contributed by atoms with Crippen LogP contribution in [-0.4, -0.2) is 28.7 Å². The fourth-order valence-electron chi connectivity index (χ4n) is 2.86. The van der Waals surface area contributed by atoms with Crippen LogP contribution in [0.25, 0.3) is 5.70 Å². The van der Waals surface area contributed by atoms with Crippen LogP contribution in [0.5, 0.6) is 0 Å². The van der Waals surface area contributed by atoms with Crippen molar-refractivity contribution in [1.29, 1.82) is 0 Å². The van der Waals surface area contributed by atoms with Crippen molar-refractivity contribution in [3.63, 3.8) is 0 Å². The predicted molar refractivity (Wildman–Crippen MR) is 72.6 cm³/mol. The lowest BCUT2D eigenvalue weighted by Crippen LogP contribution is -2.52. The third-order valence-electron chi connectivity index (χ3n) is 3.82. The quantitative estimate of drug-likeness (QED) is 0.780. The maximum absolute atomic E-state index is 12.5. The van der Waals surface area contributed by atoms with E-state index >= 15 is 0 Å². The molecule has 1 N–H and O–H groups in total. The first-order valence-electron chi connectivity index (χ1n) is 6.47. The second-order valence-corrected chi connectivity index (χ2v) is 5.09. The maximum Gasteiger partial charge on any atom is 0.259 e. The third-order valence-corrected chi connectivity index (χ3v) is 3.82. The number of carbonyl (C=O) groups is 3. The number of imide groups is 1. The van der Waals surface area contributed by atoms with E-state index < -0.39 is 11.9 Å². The van der Waals surface area contributed by atoms with Gasteiger partial charge in [-0.1, -0.05) is 18.7 Å². The minimum Gasteiger partial charge on any atom is -0.296 e. The standard InChI is InChI=1S/C15H14N2O3/c1-8-4-3-5-10-13(8)9(2)17(15(10)20)11-6-7-12(18)16-14(11)19/h3-5,11H,2,6-7H2,1H3,(H,16,18,19). The third kappa shape index (κ3) is 1.66. The molecule has 0 aliphatic carbocycles. The van der Waals surface area contributed by atoms with E-state index in [2.05, 4.69) is 11.9 Å². The summed E-state index contributed by atoms with van der Waals surface area (Å²) in [5.41, 5.74) is 2.86. The Morgan fingerprint density at radius 1 is 1.30 bits per heavy atom. The number of piperidine rings is 1. The largest absolute Gasteiger partial charge is 0.296 e. The van der Waals surface area contributed by atoms with Gasteiger partial charge in [0, 0.05) is 23.2 Å². The summed E-state index contributed by atoms with van der Waals surface area (Å²) in [6.45, 7) is 5.87. The van der Waals surface area contributed by atoms with E-state index in [4.69, 9.17) is 0 Å². The molecule has 1 aromatic carbocycles. The van der Waals surface area contributed by atoms with Crippen molar-refractivity contribution in [2.24, 2.45) is 0 Å². The van der Waals surface area contributed by atoms with Crippen LogP contribution in [0.4, 0.5) is 0 Å². The number of carbonyl (C=O) groups excluding carboxylic acids is 3. The molecule has 5 nitrogen and oxygen atoms in total. The van der Waals surface area contributed by atoms with E-state index in [0.29, 0.717) is 17.7 Å². The Morgan fingerprint density at radius 3 is 2.70 bits per heavy atom. The van der Waals surface area contributed by atoms with Crippen molar-refractivity contribution in [3.05, 3.63) is 41.5 Å². The molecule has 1 aromatic rings. The van der Waals surface area contributed by atoms with Gasteiger partial charge in [0.25, 0.3) is 5.91 Å². The van der Waals surface area contributed by atoms with Crippen molar-refractivity contribution in [2.75, 3.05) is 0 Å². The Labute approximate surface area is 116 Å². The molecule has 1 atom stereocenters. The highest BCUT2D eigenvalue weighted by atomic mass is 16.2. The zero-order valence-corrected chi connectivity index (χ0v) is 11.1. The summed E-state index contributed by atoms with van der Waals surface area (Å²) in [6.07, 6.45) is 0.575. The van der Waals surface area contributed by atoms with Gasteiger partial charge in [-0.15, -0.1) is 0 Å². The molecule has 3 rings (SSSR count). The molecule has 3 amide bonds. The first-order valence-corrected chi connectivity index (χ1v) is 6.47. The fourth-order valence-corrected chi connectivity index (χ4v) is 2.86.